The van der Waals surface area contributed by atoms with Crippen LogP contribution in [0.2, 0.25) is 0 Å². The number of nitrogens with zero attached hydrogens (tertiary/aromatic N) is 2. The summed E-state index contributed by atoms with van der Waals surface area (Å²) in [6.45, 7) is 2.78. The number of carbonyl (C=O) groups excluding carboxylic acids is 1. The molecule has 0 saturated carbocycles. The van der Waals surface area contributed by atoms with Gasteiger partial charge < -0.3 is 15.7 Å². The highest BCUT2D eigenvalue weighted by Gasteiger charge is 2.24. The quantitative estimate of drug-likeness (QED) is 0.275. The first-order valence-electron chi connectivity index (χ1n) is 12.6. The van der Waals surface area contributed by atoms with Crippen molar-refractivity contribution < 1.29 is 18.7 Å². The highest BCUT2D eigenvalue weighted by molar-refractivity contribution is 5.93. The lowest BCUT2D eigenvalue weighted by atomic mass is 10.00. The van der Waals surface area contributed by atoms with Crippen LogP contribution in [0.5, 0.6) is 0 Å². The molecule has 6 nitrogen and oxygen atoms in total. The van der Waals surface area contributed by atoms with Gasteiger partial charge in [-0.25, -0.2) is 8.78 Å². The number of rotatable bonds is 11. The first kappa shape index (κ1) is 27.2. The van der Waals surface area contributed by atoms with E-state index >= 15 is 0 Å². The molecular formula is C30H32F2N4O2. The zero-order chi connectivity index (χ0) is 27.1. The van der Waals surface area contributed by atoms with E-state index in [0.29, 0.717) is 12.1 Å². The van der Waals surface area contributed by atoms with Crippen molar-refractivity contribution in [3.8, 4) is 11.3 Å². The maximum absolute atomic E-state index is 13.9. The second-order valence-electron chi connectivity index (χ2n) is 9.34. The van der Waals surface area contributed by atoms with Crippen LogP contribution in [0.15, 0.2) is 78.9 Å². The Morgan fingerprint density at radius 3 is 2.37 bits per heavy atom. The minimum atomic E-state index is -1.03. The fourth-order valence-corrected chi connectivity index (χ4v) is 4.43. The Balaban J connectivity index is 1.49. The molecule has 8 heteroatoms. The average molecular weight is 519 g/mol. The number of aliphatic hydroxyl groups excluding tert-OH is 1. The van der Waals surface area contributed by atoms with Crippen LogP contribution in [0.4, 0.5) is 8.78 Å². The molecule has 3 aromatic carbocycles. The number of aromatic nitrogens is 2. The van der Waals surface area contributed by atoms with Crippen LogP contribution in [-0.4, -0.2) is 39.5 Å². The Hall–Kier alpha value is -3.88. The summed E-state index contributed by atoms with van der Waals surface area (Å²) in [6, 6.07) is 21.7. The van der Waals surface area contributed by atoms with E-state index in [0.717, 1.165) is 29.3 Å². The zero-order valence-electron chi connectivity index (χ0n) is 21.5. The summed E-state index contributed by atoms with van der Waals surface area (Å²) >= 11 is 0. The standard InChI is InChI=1S/C30H32F2N4O2/c1-3-20-8-7-9-21(12-20)18-33-19-29(37)26(15-22-13-24(31)16-25(32)14-22)34-30(38)27-17-28(36(2)35-27)23-10-5-4-6-11-23/h4-14,16-17,26,29,33,37H,3,15,18-19H2,1-2H3,(H,34,38)/t26-,29+/m0/s1. The smallest absolute Gasteiger partial charge is 0.272 e. The maximum atomic E-state index is 13.9. The van der Waals surface area contributed by atoms with Crippen LogP contribution < -0.4 is 10.6 Å². The largest absolute Gasteiger partial charge is 0.390 e. The van der Waals surface area contributed by atoms with Gasteiger partial charge in [0.1, 0.15) is 11.6 Å². The fraction of sp³-hybridized carbons (Fsp3) is 0.267. The molecule has 4 aromatic rings. The molecule has 0 aliphatic carbocycles. The lowest BCUT2D eigenvalue weighted by Gasteiger charge is -2.24. The summed E-state index contributed by atoms with van der Waals surface area (Å²) in [7, 11) is 1.75. The van der Waals surface area contributed by atoms with Crippen LogP contribution in [-0.2, 0) is 26.4 Å². The molecule has 2 atom stereocenters. The summed E-state index contributed by atoms with van der Waals surface area (Å²) in [4.78, 5) is 13.2. The summed E-state index contributed by atoms with van der Waals surface area (Å²) in [5.41, 5.74) is 4.46. The van der Waals surface area contributed by atoms with Crippen LogP contribution in [0, 0.1) is 11.6 Å². The van der Waals surface area contributed by atoms with Crippen molar-refractivity contribution in [2.45, 2.75) is 38.5 Å². The van der Waals surface area contributed by atoms with Gasteiger partial charge in [-0.05, 0) is 53.3 Å². The Kier molecular flexibility index (Phi) is 8.99. The Morgan fingerprint density at radius 2 is 1.66 bits per heavy atom. The molecule has 0 radical (unpaired) electrons. The fourth-order valence-electron chi connectivity index (χ4n) is 4.43. The van der Waals surface area contributed by atoms with Crippen molar-refractivity contribution >= 4 is 5.91 Å². The van der Waals surface area contributed by atoms with Crippen molar-refractivity contribution in [1.29, 1.82) is 0 Å². The summed E-state index contributed by atoms with van der Waals surface area (Å²) in [5, 5.41) is 21.4. The van der Waals surface area contributed by atoms with Gasteiger partial charge in [-0.15, -0.1) is 0 Å². The number of amides is 1. The molecule has 0 fully saturated rings. The zero-order valence-corrected chi connectivity index (χ0v) is 21.5. The highest BCUT2D eigenvalue weighted by Crippen LogP contribution is 2.20. The van der Waals surface area contributed by atoms with Crippen molar-refractivity contribution in [3.05, 3.63) is 113 Å². The molecule has 1 amide bonds. The number of aryl methyl sites for hydroxylation is 2. The van der Waals surface area contributed by atoms with E-state index in [1.54, 1.807) is 17.8 Å². The van der Waals surface area contributed by atoms with Crippen molar-refractivity contribution in [3.63, 3.8) is 0 Å². The van der Waals surface area contributed by atoms with Crippen LogP contribution in [0.1, 0.15) is 34.1 Å². The van der Waals surface area contributed by atoms with E-state index in [1.807, 2.05) is 42.5 Å². The monoisotopic (exact) mass is 518 g/mol. The normalized spacial score (nSPS) is 12.8. The van der Waals surface area contributed by atoms with Crippen molar-refractivity contribution in [2.75, 3.05) is 6.54 Å². The molecule has 0 aliphatic rings. The van der Waals surface area contributed by atoms with Crippen LogP contribution in [0.3, 0.4) is 0 Å². The highest BCUT2D eigenvalue weighted by atomic mass is 19.1. The third-order valence-electron chi connectivity index (χ3n) is 6.42. The van der Waals surface area contributed by atoms with E-state index in [9.17, 15) is 18.7 Å². The lowest BCUT2D eigenvalue weighted by molar-refractivity contribution is 0.0824. The first-order chi connectivity index (χ1) is 18.3. The topological polar surface area (TPSA) is 79.2 Å². The molecule has 1 heterocycles. The van der Waals surface area contributed by atoms with E-state index in [2.05, 4.69) is 34.8 Å². The van der Waals surface area contributed by atoms with Gasteiger partial charge in [-0.2, -0.15) is 5.10 Å². The van der Waals surface area contributed by atoms with E-state index in [-0.39, 0.29) is 18.7 Å². The number of benzene rings is 3. The lowest BCUT2D eigenvalue weighted by Crippen LogP contribution is -2.48. The second kappa shape index (κ2) is 12.6. The van der Waals surface area contributed by atoms with Gasteiger partial charge in [0, 0.05) is 26.2 Å². The Bertz CT molecular complexity index is 1350. The van der Waals surface area contributed by atoms with Gasteiger partial charge in [0.05, 0.1) is 17.8 Å². The van der Waals surface area contributed by atoms with E-state index < -0.39 is 29.7 Å². The molecular weight excluding hydrogens is 486 g/mol. The molecule has 0 unspecified atom stereocenters. The molecule has 0 spiro atoms. The third-order valence-corrected chi connectivity index (χ3v) is 6.42. The van der Waals surface area contributed by atoms with Crippen molar-refractivity contribution in [1.82, 2.24) is 20.4 Å². The number of hydrogen-bond donors (Lipinski definition) is 3. The molecule has 1 aromatic heterocycles. The molecule has 4 rings (SSSR count). The van der Waals surface area contributed by atoms with Crippen LogP contribution in [0.25, 0.3) is 11.3 Å². The summed E-state index contributed by atoms with van der Waals surface area (Å²) in [6.07, 6.45) is -0.0710. The minimum absolute atomic E-state index is 0.0347. The molecule has 0 bridgehead atoms. The van der Waals surface area contributed by atoms with Crippen molar-refractivity contribution in [2.24, 2.45) is 7.05 Å². The minimum Gasteiger partial charge on any atom is -0.390 e. The molecule has 3 N–H and O–H groups in total. The van der Waals surface area contributed by atoms with Gasteiger partial charge in [0.2, 0.25) is 0 Å². The number of carbonyl (C=O) groups is 1. The number of nitrogens with one attached hydrogen (secondary N) is 2. The maximum Gasteiger partial charge on any atom is 0.272 e. The molecule has 198 valence electrons. The van der Waals surface area contributed by atoms with Gasteiger partial charge >= 0.3 is 0 Å². The van der Waals surface area contributed by atoms with Gasteiger partial charge in [-0.3, -0.25) is 9.48 Å². The van der Waals surface area contributed by atoms with Crippen LogP contribution >= 0.6 is 0 Å². The number of aliphatic hydroxyl groups is 1. The SMILES string of the molecule is CCc1cccc(CNC[C@@H](O)[C@H](Cc2cc(F)cc(F)c2)NC(=O)c2cc(-c3ccccc3)n(C)n2)c1. The average Bonchev–Trinajstić information content (AvgIpc) is 3.30. The van der Waals surface area contributed by atoms with E-state index in [4.69, 9.17) is 0 Å². The number of halogens is 2. The molecule has 0 saturated heterocycles. The molecule has 38 heavy (non-hydrogen) atoms. The van der Waals surface area contributed by atoms with Gasteiger partial charge in [0.15, 0.2) is 5.69 Å². The first-order valence-corrected chi connectivity index (χ1v) is 12.6. The molecule has 0 aliphatic heterocycles. The Morgan fingerprint density at radius 1 is 0.947 bits per heavy atom. The predicted molar refractivity (Wildman–Crippen MR) is 143 cm³/mol. The third kappa shape index (κ3) is 7.12. The van der Waals surface area contributed by atoms with Gasteiger partial charge in [0.25, 0.3) is 5.91 Å². The van der Waals surface area contributed by atoms with E-state index in [1.165, 1.54) is 17.7 Å². The summed E-state index contributed by atoms with van der Waals surface area (Å²) in [5.74, 6) is -1.92. The Labute approximate surface area is 221 Å². The second-order valence-corrected chi connectivity index (χ2v) is 9.34. The summed E-state index contributed by atoms with van der Waals surface area (Å²) < 4.78 is 29.3. The van der Waals surface area contributed by atoms with Gasteiger partial charge in [-0.1, -0.05) is 61.5 Å². The predicted octanol–water partition coefficient (Wildman–Crippen LogP) is 4.42. The number of hydrogen-bond acceptors (Lipinski definition) is 4.